The van der Waals surface area contributed by atoms with Crippen LogP contribution in [0.3, 0.4) is 0 Å². The van der Waals surface area contributed by atoms with Crippen LogP contribution in [0.1, 0.15) is 29.0 Å². The number of benzene rings is 1. The molecule has 0 saturated carbocycles. The minimum absolute atomic E-state index is 0.0444. The first-order chi connectivity index (χ1) is 12.0. The SMILES string of the molecule is CCOC(=O)Cn1nc(C)c2c1NC(=O)CS[C@H]2c1cccc(Cl)c1. The number of aromatic nitrogens is 2. The van der Waals surface area contributed by atoms with Crippen LogP contribution in [-0.4, -0.2) is 34.0 Å². The van der Waals surface area contributed by atoms with E-state index in [0.717, 1.165) is 16.8 Å². The van der Waals surface area contributed by atoms with Crippen LogP contribution >= 0.6 is 23.4 Å². The van der Waals surface area contributed by atoms with Crippen molar-refractivity contribution in [3.63, 3.8) is 0 Å². The molecular formula is C17H18ClN3O3S. The number of nitrogens with zero attached hydrogens (tertiary/aromatic N) is 2. The van der Waals surface area contributed by atoms with Gasteiger partial charge >= 0.3 is 5.97 Å². The smallest absolute Gasteiger partial charge is 0.327 e. The third kappa shape index (κ3) is 3.82. The molecule has 1 aliphatic rings. The molecule has 8 heteroatoms. The van der Waals surface area contributed by atoms with Crippen molar-refractivity contribution in [1.82, 2.24) is 9.78 Å². The summed E-state index contributed by atoms with van der Waals surface area (Å²) >= 11 is 7.65. The molecule has 1 aliphatic heterocycles. The normalized spacial score (nSPS) is 16.8. The highest BCUT2D eigenvalue weighted by Crippen LogP contribution is 2.43. The number of fused-ring (bicyclic) bond motifs is 1. The highest BCUT2D eigenvalue weighted by molar-refractivity contribution is 8.00. The van der Waals surface area contributed by atoms with Crippen LogP contribution in [0, 0.1) is 6.92 Å². The van der Waals surface area contributed by atoms with Crippen molar-refractivity contribution in [1.29, 1.82) is 0 Å². The van der Waals surface area contributed by atoms with Crippen molar-refractivity contribution < 1.29 is 14.3 Å². The van der Waals surface area contributed by atoms with Gasteiger partial charge in [-0.05, 0) is 31.5 Å². The van der Waals surface area contributed by atoms with Gasteiger partial charge in [-0.15, -0.1) is 11.8 Å². The number of aryl methyl sites for hydroxylation is 1. The van der Waals surface area contributed by atoms with Gasteiger partial charge in [-0.25, -0.2) is 4.68 Å². The Morgan fingerprint density at radius 3 is 3.04 bits per heavy atom. The van der Waals surface area contributed by atoms with Gasteiger partial charge in [-0.3, -0.25) is 9.59 Å². The first-order valence-electron chi connectivity index (χ1n) is 7.89. The fourth-order valence-corrected chi connectivity index (χ4v) is 4.20. The number of hydrogen-bond donors (Lipinski definition) is 1. The second-order valence-electron chi connectivity index (χ2n) is 5.60. The standard InChI is InChI=1S/C17H18ClN3O3S/c1-3-24-14(23)8-21-17-15(10(2)20-21)16(25-9-13(22)19-17)11-5-4-6-12(18)7-11/h4-7,16H,3,8-9H2,1-2H3,(H,19,22)/t16-/m0/s1. The first kappa shape index (κ1) is 17.8. The molecule has 1 amide bonds. The van der Waals surface area contributed by atoms with Crippen LogP contribution in [0.4, 0.5) is 5.82 Å². The van der Waals surface area contributed by atoms with Crippen molar-refractivity contribution in [2.75, 3.05) is 17.7 Å². The van der Waals surface area contributed by atoms with Gasteiger partial charge in [-0.1, -0.05) is 23.7 Å². The highest BCUT2D eigenvalue weighted by atomic mass is 35.5. The number of ether oxygens (including phenoxy) is 1. The Balaban J connectivity index is 2.05. The molecule has 3 rings (SSSR count). The predicted octanol–water partition coefficient (Wildman–Crippen LogP) is 3.18. The monoisotopic (exact) mass is 379 g/mol. The van der Waals surface area contributed by atoms with E-state index in [4.69, 9.17) is 16.3 Å². The Kier molecular flexibility index (Phi) is 5.34. The van der Waals surface area contributed by atoms with Crippen LogP contribution in [0.15, 0.2) is 24.3 Å². The number of esters is 1. The molecule has 6 nitrogen and oxygen atoms in total. The van der Waals surface area contributed by atoms with Crippen molar-refractivity contribution in [3.05, 3.63) is 46.1 Å². The first-order valence-corrected chi connectivity index (χ1v) is 9.32. The van der Waals surface area contributed by atoms with E-state index in [-0.39, 0.29) is 17.7 Å². The average Bonchev–Trinajstić information content (AvgIpc) is 2.74. The molecule has 2 heterocycles. The zero-order valence-corrected chi connectivity index (χ0v) is 15.5. The minimum Gasteiger partial charge on any atom is -0.465 e. The molecule has 0 radical (unpaired) electrons. The van der Waals surface area contributed by atoms with Crippen LogP contribution in [0.5, 0.6) is 0 Å². The maximum atomic E-state index is 12.1. The molecular weight excluding hydrogens is 362 g/mol. The minimum atomic E-state index is -0.391. The Morgan fingerprint density at radius 2 is 2.32 bits per heavy atom. The molecule has 0 spiro atoms. The van der Waals surface area contributed by atoms with E-state index in [1.165, 1.54) is 16.4 Å². The molecule has 1 atom stereocenters. The van der Waals surface area contributed by atoms with E-state index in [9.17, 15) is 9.59 Å². The number of halogens is 1. The van der Waals surface area contributed by atoms with Gasteiger partial charge in [0.15, 0.2) is 0 Å². The molecule has 132 valence electrons. The summed E-state index contributed by atoms with van der Waals surface area (Å²) < 4.78 is 6.50. The summed E-state index contributed by atoms with van der Waals surface area (Å²) in [7, 11) is 0. The number of rotatable bonds is 4. The number of amides is 1. The quantitative estimate of drug-likeness (QED) is 0.826. The molecule has 1 N–H and O–H groups in total. The van der Waals surface area contributed by atoms with Gasteiger partial charge in [0.05, 0.1) is 23.3 Å². The lowest BCUT2D eigenvalue weighted by Gasteiger charge is -2.15. The molecule has 0 fully saturated rings. The molecule has 1 aromatic carbocycles. The Hall–Kier alpha value is -1.99. The Morgan fingerprint density at radius 1 is 1.52 bits per heavy atom. The summed E-state index contributed by atoms with van der Waals surface area (Å²) in [5.74, 6) is 0.342. The lowest BCUT2D eigenvalue weighted by molar-refractivity contribution is -0.144. The fourth-order valence-electron chi connectivity index (χ4n) is 2.83. The lowest BCUT2D eigenvalue weighted by atomic mass is 10.0. The summed E-state index contributed by atoms with van der Waals surface area (Å²) in [6.07, 6.45) is 0. The topological polar surface area (TPSA) is 73.2 Å². The van der Waals surface area contributed by atoms with Crippen molar-refractivity contribution in [2.24, 2.45) is 0 Å². The number of hydrogen-bond acceptors (Lipinski definition) is 5. The lowest BCUT2D eigenvalue weighted by Crippen LogP contribution is -2.20. The van der Waals surface area contributed by atoms with Crippen LogP contribution in [-0.2, 0) is 20.9 Å². The van der Waals surface area contributed by atoms with Gasteiger partial charge in [0.1, 0.15) is 12.4 Å². The highest BCUT2D eigenvalue weighted by Gasteiger charge is 2.30. The maximum absolute atomic E-state index is 12.1. The fraction of sp³-hybridized carbons (Fsp3) is 0.353. The summed E-state index contributed by atoms with van der Waals surface area (Å²) in [4.78, 5) is 24.0. The van der Waals surface area contributed by atoms with E-state index in [1.54, 1.807) is 6.92 Å². The molecule has 0 bridgehead atoms. The summed E-state index contributed by atoms with van der Waals surface area (Å²) in [6, 6.07) is 7.57. The van der Waals surface area contributed by atoms with Gasteiger partial charge in [0, 0.05) is 10.6 Å². The Bertz CT molecular complexity index is 821. The van der Waals surface area contributed by atoms with Crippen LogP contribution < -0.4 is 5.32 Å². The number of anilines is 1. The van der Waals surface area contributed by atoms with Crippen molar-refractivity contribution in [3.8, 4) is 0 Å². The molecule has 0 saturated heterocycles. The van der Waals surface area contributed by atoms with Crippen molar-refractivity contribution >= 4 is 41.1 Å². The molecule has 25 heavy (non-hydrogen) atoms. The summed E-state index contributed by atoms with van der Waals surface area (Å²) in [5.41, 5.74) is 2.65. The zero-order chi connectivity index (χ0) is 18.0. The average molecular weight is 380 g/mol. The van der Waals surface area contributed by atoms with E-state index < -0.39 is 5.97 Å². The zero-order valence-electron chi connectivity index (χ0n) is 13.9. The predicted molar refractivity (Wildman–Crippen MR) is 98.0 cm³/mol. The number of thioether (sulfide) groups is 1. The maximum Gasteiger partial charge on any atom is 0.327 e. The van der Waals surface area contributed by atoms with Crippen LogP contribution in [0.25, 0.3) is 0 Å². The Labute approximate surface area is 154 Å². The van der Waals surface area contributed by atoms with Gasteiger partial charge in [-0.2, -0.15) is 5.10 Å². The van der Waals surface area contributed by atoms with Gasteiger partial charge in [0.2, 0.25) is 5.91 Å². The van der Waals surface area contributed by atoms with Crippen LogP contribution in [0.2, 0.25) is 5.02 Å². The molecule has 2 aromatic rings. The summed E-state index contributed by atoms with van der Waals surface area (Å²) in [5, 5.41) is 7.86. The molecule has 0 aliphatic carbocycles. The summed E-state index contributed by atoms with van der Waals surface area (Å²) in [6.45, 7) is 3.88. The number of nitrogens with one attached hydrogen (secondary N) is 1. The third-order valence-corrected chi connectivity index (χ3v) is 5.32. The molecule has 1 aromatic heterocycles. The van der Waals surface area contributed by atoms with E-state index in [2.05, 4.69) is 10.4 Å². The van der Waals surface area contributed by atoms with E-state index >= 15 is 0 Å². The largest absolute Gasteiger partial charge is 0.465 e. The van der Waals surface area contributed by atoms with Gasteiger partial charge in [0.25, 0.3) is 0 Å². The van der Waals surface area contributed by atoms with E-state index in [0.29, 0.717) is 23.2 Å². The van der Waals surface area contributed by atoms with Gasteiger partial charge < -0.3 is 10.1 Å². The number of carbonyl (C=O) groups excluding carboxylic acids is 2. The van der Waals surface area contributed by atoms with E-state index in [1.807, 2.05) is 31.2 Å². The number of carbonyl (C=O) groups is 2. The van der Waals surface area contributed by atoms with Crippen molar-refractivity contribution in [2.45, 2.75) is 25.6 Å². The molecule has 0 unspecified atom stereocenters. The second-order valence-corrected chi connectivity index (χ2v) is 7.13. The second kappa shape index (κ2) is 7.49. The third-order valence-electron chi connectivity index (χ3n) is 3.81.